The Labute approximate surface area is 104 Å². The molecule has 0 amide bonds. The van der Waals surface area contributed by atoms with Gasteiger partial charge < -0.3 is 5.11 Å². The zero-order chi connectivity index (χ0) is 13.5. The van der Waals surface area contributed by atoms with Crippen molar-refractivity contribution in [3.63, 3.8) is 0 Å². The molecule has 0 spiro atoms. The number of nitriles is 1. The maximum absolute atomic E-state index is 13.1. The zero-order valence-corrected chi connectivity index (χ0v) is 9.56. The van der Waals surface area contributed by atoms with Gasteiger partial charge >= 0.3 is 5.97 Å². The van der Waals surface area contributed by atoms with Gasteiger partial charge in [0.05, 0.1) is 18.7 Å². The molecule has 1 aromatic carbocycles. The molecule has 5 heteroatoms. The number of rotatable bonds is 5. The van der Waals surface area contributed by atoms with Crippen molar-refractivity contribution in [1.29, 1.82) is 5.26 Å². The Morgan fingerprint density at radius 1 is 1.56 bits per heavy atom. The van der Waals surface area contributed by atoms with Crippen LogP contribution < -0.4 is 0 Å². The average molecular weight is 246 g/mol. The number of hydrogen-bond acceptors (Lipinski definition) is 3. The molecule has 92 valence electrons. The van der Waals surface area contributed by atoms with E-state index >= 15 is 0 Å². The van der Waals surface area contributed by atoms with Gasteiger partial charge in [-0.05, 0) is 17.7 Å². The molecule has 1 aromatic rings. The molecule has 18 heavy (non-hydrogen) atoms. The van der Waals surface area contributed by atoms with Crippen LogP contribution in [0, 0.1) is 29.5 Å². The summed E-state index contributed by atoms with van der Waals surface area (Å²) in [4.78, 5) is 12.1. The summed E-state index contributed by atoms with van der Waals surface area (Å²) < 4.78 is 13.1. The van der Waals surface area contributed by atoms with E-state index in [0.29, 0.717) is 5.56 Å². The predicted octanol–water partition coefficient (Wildman–Crippen LogP) is 1.22. The van der Waals surface area contributed by atoms with Crippen LogP contribution in [0.1, 0.15) is 11.1 Å². The number of carbonyl (C=O) groups is 1. The van der Waals surface area contributed by atoms with Gasteiger partial charge in [0.25, 0.3) is 0 Å². The first-order valence-corrected chi connectivity index (χ1v) is 5.13. The van der Waals surface area contributed by atoms with E-state index in [1.807, 2.05) is 0 Å². The first kappa shape index (κ1) is 13.7. The van der Waals surface area contributed by atoms with Gasteiger partial charge in [-0.15, -0.1) is 6.42 Å². The number of aliphatic carboxylic acids is 1. The minimum absolute atomic E-state index is 0.0662. The lowest BCUT2D eigenvalue weighted by Crippen LogP contribution is -2.29. The van der Waals surface area contributed by atoms with Gasteiger partial charge in [-0.2, -0.15) is 5.26 Å². The predicted molar refractivity (Wildman–Crippen MR) is 62.9 cm³/mol. The first-order valence-electron chi connectivity index (χ1n) is 5.13. The molecule has 0 unspecified atom stereocenters. The lowest BCUT2D eigenvalue weighted by atomic mass is 10.1. The fourth-order valence-corrected chi connectivity index (χ4v) is 1.50. The number of hydrogen-bond donors (Lipinski definition) is 1. The van der Waals surface area contributed by atoms with Gasteiger partial charge in [-0.1, -0.05) is 12.0 Å². The third-order valence-electron chi connectivity index (χ3n) is 2.23. The summed E-state index contributed by atoms with van der Waals surface area (Å²) >= 11 is 0. The summed E-state index contributed by atoms with van der Waals surface area (Å²) in [6, 6.07) is 5.81. The fraction of sp³-hybridized carbons (Fsp3) is 0.231. The van der Waals surface area contributed by atoms with Crippen LogP contribution in [-0.2, 0) is 11.3 Å². The number of carboxylic acid groups (broad SMARTS) is 1. The van der Waals surface area contributed by atoms with E-state index in [4.69, 9.17) is 16.8 Å². The van der Waals surface area contributed by atoms with Crippen molar-refractivity contribution in [2.24, 2.45) is 0 Å². The highest BCUT2D eigenvalue weighted by Gasteiger charge is 2.10. The van der Waals surface area contributed by atoms with Crippen molar-refractivity contribution in [1.82, 2.24) is 4.90 Å². The highest BCUT2D eigenvalue weighted by molar-refractivity contribution is 5.69. The smallest absolute Gasteiger partial charge is 0.317 e. The highest BCUT2D eigenvalue weighted by Crippen LogP contribution is 2.11. The minimum atomic E-state index is -0.993. The summed E-state index contributed by atoms with van der Waals surface area (Å²) in [5, 5.41) is 17.4. The molecule has 1 rings (SSSR count). The van der Waals surface area contributed by atoms with E-state index in [-0.39, 0.29) is 25.2 Å². The number of carboxylic acids is 1. The van der Waals surface area contributed by atoms with Crippen LogP contribution in [0.25, 0.3) is 0 Å². The molecule has 0 radical (unpaired) electrons. The average Bonchev–Trinajstić information content (AvgIpc) is 2.31. The lowest BCUT2D eigenvalue weighted by Gasteiger charge is -2.17. The van der Waals surface area contributed by atoms with Crippen molar-refractivity contribution in [3.8, 4) is 18.4 Å². The maximum Gasteiger partial charge on any atom is 0.317 e. The molecular weight excluding hydrogens is 235 g/mol. The van der Waals surface area contributed by atoms with E-state index in [2.05, 4.69) is 5.92 Å². The second kappa shape index (κ2) is 6.39. The molecule has 0 fully saturated rings. The molecule has 0 aliphatic carbocycles. The zero-order valence-electron chi connectivity index (χ0n) is 9.56. The molecule has 0 heterocycles. The van der Waals surface area contributed by atoms with Crippen LogP contribution in [-0.4, -0.2) is 29.1 Å². The summed E-state index contributed by atoms with van der Waals surface area (Å²) in [5.74, 6) is 0.770. The molecule has 0 saturated carbocycles. The molecule has 0 saturated heterocycles. The van der Waals surface area contributed by atoms with E-state index in [1.54, 1.807) is 6.07 Å². The van der Waals surface area contributed by atoms with Crippen LogP contribution in [0.15, 0.2) is 18.2 Å². The summed E-state index contributed by atoms with van der Waals surface area (Å²) in [6.45, 7) is 0.223. The third-order valence-corrected chi connectivity index (χ3v) is 2.23. The summed E-state index contributed by atoms with van der Waals surface area (Å²) in [7, 11) is 0. The second-order valence-electron chi connectivity index (χ2n) is 3.67. The number of halogens is 1. The Morgan fingerprint density at radius 2 is 2.28 bits per heavy atom. The molecule has 0 atom stereocenters. The van der Waals surface area contributed by atoms with Crippen LogP contribution in [0.4, 0.5) is 4.39 Å². The van der Waals surface area contributed by atoms with Gasteiger partial charge in [0.2, 0.25) is 0 Å². The molecule has 0 aliphatic heterocycles. The number of terminal acetylenes is 1. The van der Waals surface area contributed by atoms with Gasteiger partial charge in [-0.3, -0.25) is 9.69 Å². The molecule has 0 bridgehead atoms. The molecule has 1 N–H and O–H groups in total. The normalized spacial score (nSPS) is 9.78. The SMILES string of the molecule is C#CCN(CC(=O)O)Cc1ccc(F)c(C#N)c1. The van der Waals surface area contributed by atoms with Crippen LogP contribution >= 0.6 is 0 Å². The molecule has 4 nitrogen and oxygen atoms in total. The van der Waals surface area contributed by atoms with E-state index in [0.717, 1.165) is 0 Å². The van der Waals surface area contributed by atoms with Crippen molar-refractivity contribution in [2.75, 3.05) is 13.1 Å². The van der Waals surface area contributed by atoms with Crippen molar-refractivity contribution in [2.45, 2.75) is 6.54 Å². The van der Waals surface area contributed by atoms with Gasteiger partial charge in [0.1, 0.15) is 11.9 Å². The van der Waals surface area contributed by atoms with Crippen molar-refractivity contribution < 1.29 is 14.3 Å². The monoisotopic (exact) mass is 246 g/mol. The molecule has 0 aromatic heterocycles. The van der Waals surface area contributed by atoms with Crippen LogP contribution in [0.2, 0.25) is 0 Å². The third kappa shape index (κ3) is 3.89. The van der Waals surface area contributed by atoms with Gasteiger partial charge in [0.15, 0.2) is 0 Å². The molecule has 0 aliphatic rings. The Balaban J connectivity index is 2.84. The number of benzene rings is 1. The van der Waals surface area contributed by atoms with Crippen LogP contribution in [0.5, 0.6) is 0 Å². The van der Waals surface area contributed by atoms with E-state index in [9.17, 15) is 9.18 Å². The largest absolute Gasteiger partial charge is 0.480 e. The Bertz CT molecular complexity index is 529. The molecular formula is C13H11FN2O2. The Kier molecular flexibility index (Phi) is 4.86. The quantitative estimate of drug-likeness (QED) is 0.793. The van der Waals surface area contributed by atoms with E-state index in [1.165, 1.54) is 23.1 Å². The second-order valence-corrected chi connectivity index (χ2v) is 3.67. The standard InChI is InChI=1S/C13H11FN2O2/c1-2-5-16(9-13(17)18)8-10-3-4-12(14)11(6-10)7-15/h1,3-4,6H,5,8-9H2,(H,17,18). The highest BCUT2D eigenvalue weighted by atomic mass is 19.1. The lowest BCUT2D eigenvalue weighted by molar-refractivity contribution is -0.138. The van der Waals surface area contributed by atoms with Gasteiger partial charge in [-0.25, -0.2) is 4.39 Å². The summed E-state index contributed by atoms with van der Waals surface area (Å²) in [5.41, 5.74) is 0.577. The van der Waals surface area contributed by atoms with E-state index < -0.39 is 11.8 Å². The van der Waals surface area contributed by atoms with Crippen molar-refractivity contribution >= 4 is 5.97 Å². The topological polar surface area (TPSA) is 64.3 Å². The van der Waals surface area contributed by atoms with Gasteiger partial charge in [0, 0.05) is 6.54 Å². The fourth-order valence-electron chi connectivity index (χ4n) is 1.50. The Morgan fingerprint density at radius 3 is 2.83 bits per heavy atom. The first-order chi connectivity index (χ1) is 8.56. The minimum Gasteiger partial charge on any atom is -0.480 e. The van der Waals surface area contributed by atoms with Crippen LogP contribution in [0.3, 0.4) is 0 Å². The summed E-state index contributed by atoms with van der Waals surface area (Å²) in [6.07, 6.45) is 5.14. The maximum atomic E-state index is 13.1. The Hall–Kier alpha value is -2.37. The number of nitrogens with zero attached hydrogens (tertiary/aromatic N) is 2. The van der Waals surface area contributed by atoms with Crippen molar-refractivity contribution in [3.05, 3.63) is 35.1 Å².